The number of nitrogens with one attached hydrogen (secondary N) is 1. The molecule has 0 radical (unpaired) electrons. The van der Waals surface area contributed by atoms with Crippen LogP contribution in [0.25, 0.3) is 0 Å². The SMILES string of the molecule is CCc1ccc(CCC(=O)Nc2cnn(C)n2)cc1. The molecule has 0 fully saturated rings. The summed E-state index contributed by atoms with van der Waals surface area (Å²) in [5.41, 5.74) is 2.49. The Kier molecular flexibility index (Phi) is 4.28. The molecule has 0 aliphatic heterocycles. The topological polar surface area (TPSA) is 59.8 Å². The van der Waals surface area contributed by atoms with Gasteiger partial charge in [0.1, 0.15) is 0 Å². The summed E-state index contributed by atoms with van der Waals surface area (Å²) < 4.78 is 0. The summed E-state index contributed by atoms with van der Waals surface area (Å²) in [6, 6.07) is 8.37. The number of rotatable bonds is 5. The van der Waals surface area contributed by atoms with E-state index in [1.807, 2.05) is 0 Å². The monoisotopic (exact) mass is 258 g/mol. The fourth-order valence-electron chi connectivity index (χ4n) is 1.81. The molecule has 2 rings (SSSR count). The van der Waals surface area contributed by atoms with Crippen LogP contribution in [0.4, 0.5) is 5.82 Å². The molecule has 0 aliphatic rings. The van der Waals surface area contributed by atoms with E-state index in [1.165, 1.54) is 22.1 Å². The van der Waals surface area contributed by atoms with Crippen LogP contribution in [0, 0.1) is 0 Å². The maximum atomic E-state index is 11.7. The molecule has 0 atom stereocenters. The predicted octanol–water partition coefficient (Wildman–Crippen LogP) is 1.95. The average Bonchev–Trinajstić information content (AvgIpc) is 2.82. The van der Waals surface area contributed by atoms with Gasteiger partial charge in [0.05, 0.1) is 6.20 Å². The predicted molar refractivity (Wildman–Crippen MR) is 73.8 cm³/mol. The fraction of sp³-hybridized carbons (Fsp3) is 0.357. The average molecular weight is 258 g/mol. The lowest BCUT2D eigenvalue weighted by atomic mass is 10.1. The van der Waals surface area contributed by atoms with Crippen LogP contribution in [0.2, 0.25) is 0 Å². The van der Waals surface area contributed by atoms with Gasteiger partial charge in [0.2, 0.25) is 5.91 Å². The maximum Gasteiger partial charge on any atom is 0.225 e. The van der Waals surface area contributed by atoms with Crippen molar-refractivity contribution in [2.24, 2.45) is 7.05 Å². The van der Waals surface area contributed by atoms with Crippen molar-refractivity contribution < 1.29 is 4.79 Å². The first-order chi connectivity index (χ1) is 9.17. The largest absolute Gasteiger partial charge is 0.308 e. The number of carbonyl (C=O) groups is 1. The highest BCUT2D eigenvalue weighted by atomic mass is 16.1. The van der Waals surface area contributed by atoms with Gasteiger partial charge in [0, 0.05) is 13.5 Å². The summed E-state index contributed by atoms with van der Waals surface area (Å²) >= 11 is 0. The molecule has 0 spiro atoms. The van der Waals surface area contributed by atoms with Gasteiger partial charge in [-0.15, -0.1) is 5.10 Å². The zero-order valence-corrected chi connectivity index (χ0v) is 11.3. The van der Waals surface area contributed by atoms with Crippen LogP contribution in [-0.4, -0.2) is 20.9 Å². The van der Waals surface area contributed by atoms with Crippen molar-refractivity contribution in [3.63, 3.8) is 0 Å². The van der Waals surface area contributed by atoms with Gasteiger partial charge in [-0.05, 0) is 24.0 Å². The van der Waals surface area contributed by atoms with Gasteiger partial charge in [-0.1, -0.05) is 31.2 Å². The van der Waals surface area contributed by atoms with Crippen molar-refractivity contribution >= 4 is 11.7 Å². The Balaban J connectivity index is 1.82. The standard InChI is InChI=1S/C14H18N4O/c1-3-11-4-6-12(7-5-11)8-9-14(19)16-13-10-15-18(2)17-13/h4-7,10H,3,8-9H2,1-2H3,(H,16,17,19). The smallest absolute Gasteiger partial charge is 0.225 e. The molecule has 0 saturated carbocycles. The van der Waals surface area contributed by atoms with Crippen LogP contribution in [0.3, 0.4) is 0 Å². The Morgan fingerprint density at radius 3 is 2.53 bits per heavy atom. The highest BCUT2D eigenvalue weighted by molar-refractivity contribution is 5.89. The highest BCUT2D eigenvalue weighted by Crippen LogP contribution is 2.08. The highest BCUT2D eigenvalue weighted by Gasteiger charge is 2.05. The molecule has 19 heavy (non-hydrogen) atoms. The Morgan fingerprint density at radius 2 is 1.95 bits per heavy atom. The lowest BCUT2D eigenvalue weighted by Crippen LogP contribution is -2.13. The third-order valence-electron chi connectivity index (χ3n) is 2.94. The van der Waals surface area contributed by atoms with Crippen LogP contribution < -0.4 is 5.32 Å². The summed E-state index contributed by atoms with van der Waals surface area (Å²) in [6.45, 7) is 2.13. The van der Waals surface area contributed by atoms with Crippen LogP contribution in [-0.2, 0) is 24.7 Å². The summed E-state index contributed by atoms with van der Waals surface area (Å²) in [5.74, 6) is 0.453. The van der Waals surface area contributed by atoms with Crippen LogP contribution in [0.5, 0.6) is 0 Å². The third kappa shape index (κ3) is 3.91. The maximum absolute atomic E-state index is 11.7. The molecule has 100 valence electrons. The zero-order valence-electron chi connectivity index (χ0n) is 11.3. The molecule has 5 heteroatoms. The van der Waals surface area contributed by atoms with Gasteiger partial charge < -0.3 is 5.32 Å². The second-order valence-electron chi connectivity index (χ2n) is 4.44. The van der Waals surface area contributed by atoms with E-state index in [4.69, 9.17) is 0 Å². The zero-order chi connectivity index (χ0) is 13.7. The minimum Gasteiger partial charge on any atom is -0.308 e. The number of aryl methyl sites for hydroxylation is 3. The van der Waals surface area contributed by atoms with E-state index in [-0.39, 0.29) is 5.91 Å². The van der Waals surface area contributed by atoms with Gasteiger partial charge in [-0.2, -0.15) is 9.90 Å². The van der Waals surface area contributed by atoms with E-state index in [1.54, 1.807) is 7.05 Å². The van der Waals surface area contributed by atoms with Gasteiger partial charge >= 0.3 is 0 Å². The summed E-state index contributed by atoms with van der Waals surface area (Å²) in [5, 5.41) is 10.6. The molecular weight excluding hydrogens is 240 g/mol. The summed E-state index contributed by atoms with van der Waals surface area (Å²) in [7, 11) is 1.71. The Hall–Kier alpha value is -2.17. The van der Waals surface area contributed by atoms with Gasteiger partial charge in [0.15, 0.2) is 5.82 Å². The van der Waals surface area contributed by atoms with Crippen molar-refractivity contribution in [3.05, 3.63) is 41.6 Å². The Morgan fingerprint density at radius 1 is 1.26 bits per heavy atom. The fourth-order valence-corrected chi connectivity index (χ4v) is 1.81. The van der Waals surface area contributed by atoms with E-state index in [0.29, 0.717) is 12.2 Å². The minimum atomic E-state index is -0.0416. The number of benzene rings is 1. The van der Waals surface area contributed by atoms with Crippen molar-refractivity contribution in [1.82, 2.24) is 15.0 Å². The van der Waals surface area contributed by atoms with Crippen LogP contribution in [0.15, 0.2) is 30.5 Å². The summed E-state index contributed by atoms with van der Waals surface area (Å²) in [6.07, 6.45) is 3.75. The normalized spacial score (nSPS) is 10.4. The molecule has 1 amide bonds. The Labute approximate surface area is 112 Å². The number of aromatic nitrogens is 3. The second kappa shape index (κ2) is 6.13. The molecule has 2 aromatic rings. The number of hydrogen-bond acceptors (Lipinski definition) is 3. The van der Waals surface area contributed by atoms with E-state index in [9.17, 15) is 4.79 Å². The number of carbonyl (C=O) groups excluding carboxylic acids is 1. The lowest BCUT2D eigenvalue weighted by Gasteiger charge is -2.03. The molecule has 1 aromatic carbocycles. The number of hydrogen-bond donors (Lipinski definition) is 1. The van der Waals surface area contributed by atoms with E-state index >= 15 is 0 Å². The molecule has 0 unspecified atom stereocenters. The first kappa shape index (κ1) is 13.3. The molecule has 1 aromatic heterocycles. The quantitative estimate of drug-likeness (QED) is 0.891. The first-order valence-electron chi connectivity index (χ1n) is 6.41. The van der Waals surface area contributed by atoms with Crippen LogP contribution >= 0.6 is 0 Å². The van der Waals surface area contributed by atoms with Crippen molar-refractivity contribution in [2.45, 2.75) is 26.2 Å². The van der Waals surface area contributed by atoms with Crippen molar-refractivity contribution in [2.75, 3.05) is 5.32 Å². The van der Waals surface area contributed by atoms with Crippen molar-refractivity contribution in [3.8, 4) is 0 Å². The molecule has 0 bridgehead atoms. The van der Waals surface area contributed by atoms with Gasteiger partial charge in [-0.25, -0.2) is 0 Å². The third-order valence-corrected chi connectivity index (χ3v) is 2.94. The molecule has 1 heterocycles. The molecule has 1 N–H and O–H groups in total. The van der Waals surface area contributed by atoms with Crippen LogP contribution in [0.1, 0.15) is 24.5 Å². The van der Waals surface area contributed by atoms with Gasteiger partial charge in [-0.3, -0.25) is 4.79 Å². The minimum absolute atomic E-state index is 0.0416. The van der Waals surface area contributed by atoms with Crippen molar-refractivity contribution in [1.29, 1.82) is 0 Å². The number of anilines is 1. The second-order valence-corrected chi connectivity index (χ2v) is 4.44. The van der Waals surface area contributed by atoms with E-state index in [0.717, 1.165) is 12.8 Å². The van der Waals surface area contributed by atoms with E-state index in [2.05, 4.69) is 46.7 Å². The first-order valence-corrected chi connectivity index (χ1v) is 6.41. The number of amides is 1. The summed E-state index contributed by atoms with van der Waals surface area (Å²) in [4.78, 5) is 13.1. The van der Waals surface area contributed by atoms with Gasteiger partial charge in [0.25, 0.3) is 0 Å². The number of nitrogens with zero attached hydrogens (tertiary/aromatic N) is 3. The molecular formula is C14H18N4O. The Bertz CT molecular complexity index is 545. The van der Waals surface area contributed by atoms with E-state index < -0.39 is 0 Å². The lowest BCUT2D eigenvalue weighted by molar-refractivity contribution is -0.116. The molecule has 0 aliphatic carbocycles. The molecule has 0 saturated heterocycles. The molecule has 5 nitrogen and oxygen atoms in total.